The fourth-order valence-corrected chi connectivity index (χ4v) is 1.23. The Kier molecular flexibility index (Phi) is 2.56. The smallest absolute Gasteiger partial charge is 0.0132 e. The predicted molar refractivity (Wildman–Crippen MR) is 55.1 cm³/mol. The van der Waals surface area contributed by atoms with Crippen LogP contribution in [0.2, 0.25) is 0 Å². The van der Waals surface area contributed by atoms with Crippen LogP contribution in [0.3, 0.4) is 0 Å². The molecule has 0 unspecified atom stereocenters. The average molecular weight is 162 g/mol. The molecule has 0 spiro atoms. The zero-order valence-electron chi connectivity index (χ0n) is 8.52. The standard InChI is InChI=1S/C12H18/c1-10-6-5-7-11(9-8-10)12(2,3)4/h5,7-9H,6H2,1-4H3. The average Bonchev–Trinajstić information content (AvgIpc) is 2.11. The van der Waals surface area contributed by atoms with Gasteiger partial charge < -0.3 is 0 Å². The lowest BCUT2D eigenvalue weighted by Crippen LogP contribution is -2.06. The van der Waals surface area contributed by atoms with Gasteiger partial charge in [0.2, 0.25) is 0 Å². The Bertz CT molecular complexity index is 244. The van der Waals surface area contributed by atoms with Crippen LogP contribution in [0.15, 0.2) is 35.5 Å². The van der Waals surface area contributed by atoms with Crippen molar-refractivity contribution < 1.29 is 0 Å². The van der Waals surface area contributed by atoms with Gasteiger partial charge in [0.1, 0.15) is 0 Å². The number of rotatable bonds is 0. The van der Waals surface area contributed by atoms with Crippen LogP contribution in [0.4, 0.5) is 0 Å². The summed E-state index contributed by atoms with van der Waals surface area (Å²) in [5.74, 6) is 0. The minimum atomic E-state index is 0.275. The van der Waals surface area contributed by atoms with E-state index in [1.165, 1.54) is 11.1 Å². The van der Waals surface area contributed by atoms with Crippen LogP contribution in [0, 0.1) is 5.41 Å². The number of hydrogen-bond acceptors (Lipinski definition) is 0. The van der Waals surface area contributed by atoms with Crippen molar-refractivity contribution in [1.29, 1.82) is 0 Å². The van der Waals surface area contributed by atoms with E-state index in [1.807, 2.05) is 0 Å². The molecular formula is C12H18. The molecular weight excluding hydrogens is 144 g/mol. The van der Waals surface area contributed by atoms with Crippen molar-refractivity contribution >= 4 is 0 Å². The molecule has 0 N–H and O–H groups in total. The second kappa shape index (κ2) is 3.30. The first-order valence-corrected chi connectivity index (χ1v) is 4.54. The van der Waals surface area contributed by atoms with Crippen molar-refractivity contribution in [3.63, 3.8) is 0 Å². The highest BCUT2D eigenvalue weighted by atomic mass is 14.2. The highest BCUT2D eigenvalue weighted by Gasteiger charge is 2.14. The summed E-state index contributed by atoms with van der Waals surface area (Å²) in [4.78, 5) is 0. The van der Waals surface area contributed by atoms with Crippen molar-refractivity contribution in [1.82, 2.24) is 0 Å². The second-order valence-corrected chi connectivity index (χ2v) is 4.49. The quantitative estimate of drug-likeness (QED) is 0.507. The van der Waals surface area contributed by atoms with Crippen LogP contribution in [0.5, 0.6) is 0 Å². The van der Waals surface area contributed by atoms with Crippen molar-refractivity contribution in [2.24, 2.45) is 5.41 Å². The molecule has 0 aromatic carbocycles. The van der Waals surface area contributed by atoms with Gasteiger partial charge in [-0.05, 0) is 24.3 Å². The molecule has 0 bridgehead atoms. The Labute approximate surface area is 75.7 Å². The van der Waals surface area contributed by atoms with Gasteiger partial charge in [0, 0.05) is 0 Å². The molecule has 0 aromatic heterocycles. The summed E-state index contributed by atoms with van der Waals surface area (Å²) in [6.07, 6.45) is 10.0. The Hall–Kier alpha value is -0.780. The van der Waals surface area contributed by atoms with E-state index in [4.69, 9.17) is 0 Å². The fourth-order valence-electron chi connectivity index (χ4n) is 1.23. The summed E-state index contributed by atoms with van der Waals surface area (Å²) in [6, 6.07) is 0. The first kappa shape index (κ1) is 9.31. The summed E-state index contributed by atoms with van der Waals surface area (Å²) in [5, 5.41) is 0. The Morgan fingerprint density at radius 3 is 2.42 bits per heavy atom. The van der Waals surface area contributed by atoms with Gasteiger partial charge in [-0.1, -0.05) is 50.6 Å². The van der Waals surface area contributed by atoms with Crippen LogP contribution in [0.25, 0.3) is 0 Å². The lowest BCUT2D eigenvalue weighted by molar-refractivity contribution is 0.517. The Balaban J connectivity index is 2.92. The molecule has 0 heteroatoms. The molecule has 12 heavy (non-hydrogen) atoms. The molecule has 0 radical (unpaired) electrons. The first-order valence-electron chi connectivity index (χ1n) is 4.54. The van der Waals surface area contributed by atoms with E-state index in [9.17, 15) is 0 Å². The maximum atomic E-state index is 2.25. The summed E-state index contributed by atoms with van der Waals surface area (Å²) in [6.45, 7) is 8.92. The molecule has 1 rings (SSSR count). The van der Waals surface area contributed by atoms with Crippen LogP contribution in [0.1, 0.15) is 34.1 Å². The predicted octanol–water partition coefficient (Wildman–Crippen LogP) is 3.87. The number of allylic oxidation sites excluding steroid dienone is 6. The molecule has 66 valence electrons. The van der Waals surface area contributed by atoms with Gasteiger partial charge in [0.25, 0.3) is 0 Å². The SMILES string of the molecule is CC1=CC=C(C(C)(C)C)C=CC1. The van der Waals surface area contributed by atoms with E-state index in [0.29, 0.717) is 0 Å². The number of hydrogen-bond donors (Lipinski definition) is 0. The van der Waals surface area contributed by atoms with Crippen molar-refractivity contribution in [3.05, 3.63) is 35.5 Å². The molecule has 1 aliphatic carbocycles. The van der Waals surface area contributed by atoms with Gasteiger partial charge in [-0.25, -0.2) is 0 Å². The van der Waals surface area contributed by atoms with Gasteiger partial charge in [-0.15, -0.1) is 0 Å². The molecule has 0 saturated carbocycles. The van der Waals surface area contributed by atoms with Crippen LogP contribution in [-0.2, 0) is 0 Å². The van der Waals surface area contributed by atoms with Crippen molar-refractivity contribution in [3.8, 4) is 0 Å². The van der Waals surface area contributed by atoms with Crippen LogP contribution in [-0.4, -0.2) is 0 Å². The van der Waals surface area contributed by atoms with Crippen molar-refractivity contribution in [2.45, 2.75) is 34.1 Å². The topological polar surface area (TPSA) is 0 Å². The van der Waals surface area contributed by atoms with Gasteiger partial charge in [-0.3, -0.25) is 0 Å². The lowest BCUT2D eigenvalue weighted by atomic mass is 9.86. The van der Waals surface area contributed by atoms with Gasteiger partial charge >= 0.3 is 0 Å². The summed E-state index contributed by atoms with van der Waals surface area (Å²) < 4.78 is 0. The highest BCUT2D eigenvalue weighted by Crippen LogP contribution is 2.28. The summed E-state index contributed by atoms with van der Waals surface area (Å²) in [5.41, 5.74) is 3.13. The molecule has 0 heterocycles. The van der Waals surface area contributed by atoms with Gasteiger partial charge in [0.05, 0.1) is 0 Å². The minimum absolute atomic E-state index is 0.275. The largest absolute Gasteiger partial charge is 0.0802 e. The second-order valence-electron chi connectivity index (χ2n) is 4.49. The summed E-state index contributed by atoms with van der Waals surface area (Å²) in [7, 11) is 0. The molecule has 0 atom stereocenters. The highest BCUT2D eigenvalue weighted by molar-refractivity contribution is 5.33. The van der Waals surface area contributed by atoms with Gasteiger partial charge in [-0.2, -0.15) is 0 Å². The third-order valence-corrected chi connectivity index (χ3v) is 2.15. The Morgan fingerprint density at radius 1 is 1.17 bits per heavy atom. The fraction of sp³-hybridized carbons (Fsp3) is 0.500. The first-order chi connectivity index (χ1) is 5.50. The van der Waals surface area contributed by atoms with Crippen molar-refractivity contribution in [2.75, 3.05) is 0 Å². The van der Waals surface area contributed by atoms with E-state index < -0.39 is 0 Å². The normalized spacial score (nSPS) is 18.3. The van der Waals surface area contributed by atoms with E-state index >= 15 is 0 Å². The molecule has 1 aliphatic rings. The minimum Gasteiger partial charge on any atom is -0.0802 e. The third kappa shape index (κ3) is 2.37. The zero-order valence-corrected chi connectivity index (χ0v) is 8.52. The maximum absolute atomic E-state index is 2.25. The monoisotopic (exact) mass is 162 g/mol. The molecule has 0 nitrogen and oxygen atoms in total. The zero-order chi connectivity index (χ0) is 9.19. The van der Waals surface area contributed by atoms with Crippen LogP contribution >= 0.6 is 0 Å². The molecule has 0 saturated heterocycles. The Morgan fingerprint density at radius 2 is 1.83 bits per heavy atom. The maximum Gasteiger partial charge on any atom is -0.0132 e. The molecule has 0 aromatic rings. The van der Waals surface area contributed by atoms with E-state index in [1.54, 1.807) is 0 Å². The lowest BCUT2D eigenvalue weighted by Gasteiger charge is -2.19. The summed E-state index contributed by atoms with van der Waals surface area (Å²) >= 11 is 0. The van der Waals surface area contributed by atoms with Crippen LogP contribution < -0.4 is 0 Å². The van der Waals surface area contributed by atoms with E-state index in [2.05, 4.69) is 52.0 Å². The molecule has 0 amide bonds. The third-order valence-electron chi connectivity index (χ3n) is 2.15. The van der Waals surface area contributed by atoms with Gasteiger partial charge in [0.15, 0.2) is 0 Å². The van der Waals surface area contributed by atoms with E-state index in [0.717, 1.165) is 6.42 Å². The molecule has 0 aliphatic heterocycles. The molecule has 0 fully saturated rings. The van der Waals surface area contributed by atoms with E-state index in [-0.39, 0.29) is 5.41 Å².